The van der Waals surface area contributed by atoms with Crippen LogP contribution >= 0.6 is 7.82 Å². The highest BCUT2D eigenvalue weighted by Crippen LogP contribution is 2.43. The molecule has 4 aromatic heterocycles. The number of phosphoric acid groups is 1. The number of ether oxygens (including phenoxy) is 14. The molecule has 5 amide bonds. The first kappa shape index (κ1) is 109. The van der Waals surface area contributed by atoms with Gasteiger partial charge in [0.2, 0.25) is 29.5 Å². The SMILES string of the molecule is CO[C@H]1OCC[C@@H]1OP(=O)([O-])OCCCCCCNC(=O)[C@H](CCCCN(Cc1cn(CCOCCO[C@@H]2O[C@H](CO)[C@H](O)[C@H](O)[C@H]2NC(C)=O)nn1)Cc1cn(CCOCCO[C@@H]2O[C@H](CO)[C@H](O)[C@H](O)[C@H]2NC(C)=O)nn1)N(Cc1cn(CCOCCO[C@@H]2O[C@H](CO)[C@H](O)[C@H](O)[C@H]2NC(C)=O)nn1)Cc1cn(CCOCCO[C@@H]2O[C@H](CO)[C@H](O)[C@H](O)[C@H]2NC(C)=O)nn1. The predicted molar refractivity (Wildman–Crippen MR) is 441 cm³/mol. The molecule has 0 aliphatic carbocycles. The van der Waals surface area contributed by atoms with E-state index in [0.29, 0.717) is 74.3 Å². The summed E-state index contributed by atoms with van der Waals surface area (Å²) in [4.78, 5) is 79.9. The topological polar surface area (TPSA) is 705 Å². The Morgan fingerprint density at radius 2 is 0.795 bits per heavy atom. The van der Waals surface area contributed by atoms with Crippen molar-refractivity contribution < 1.29 is 170 Å². The summed E-state index contributed by atoms with van der Waals surface area (Å²) >= 11 is 0. The molecule has 9 heterocycles. The second-order valence-electron chi connectivity index (χ2n) is 32.1. The van der Waals surface area contributed by atoms with Crippen molar-refractivity contribution in [2.45, 2.75) is 272 Å². The van der Waals surface area contributed by atoms with Crippen LogP contribution in [0.3, 0.4) is 0 Å². The van der Waals surface area contributed by atoms with Crippen LogP contribution in [-0.2, 0) is 156 Å². The minimum atomic E-state index is -4.71. The highest BCUT2D eigenvalue weighted by Gasteiger charge is 2.50. The predicted octanol–water partition coefficient (Wildman–Crippen LogP) is -9.86. The lowest BCUT2D eigenvalue weighted by Crippen LogP contribution is -2.64. The van der Waals surface area contributed by atoms with E-state index in [9.17, 15) is 89.9 Å². The van der Waals surface area contributed by atoms with E-state index in [1.165, 1.54) is 34.8 Å². The quantitative estimate of drug-likeness (QED) is 0.0144. The normalized spacial score (nSPS) is 28.2. The smallest absolute Gasteiger partial charge is 0.268 e. The Hall–Kier alpha value is -7.10. The first-order chi connectivity index (χ1) is 63.5. The number of rotatable bonds is 62. The summed E-state index contributed by atoms with van der Waals surface area (Å²) in [5.74, 6) is -2.42. The Morgan fingerprint density at radius 1 is 0.455 bits per heavy atom. The van der Waals surface area contributed by atoms with Crippen molar-refractivity contribution >= 4 is 37.4 Å². The van der Waals surface area contributed by atoms with Crippen LogP contribution in [0.4, 0.5) is 0 Å². The second-order valence-corrected chi connectivity index (χ2v) is 33.4. The number of carbonyl (C=O) groups excluding carboxylic acids is 5. The highest BCUT2D eigenvalue weighted by molar-refractivity contribution is 7.45. The number of phosphoric ester groups is 1. The van der Waals surface area contributed by atoms with Gasteiger partial charge in [-0.05, 0) is 32.2 Å². The van der Waals surface area contributed by atoms with Crippen LogP contribution in [0, 0.1) is 0 Å². The van der Waals surface area contributed by atoms with Gasteiger partial charge < -0.3 is 168 Å². The zero-order valence-corrected chi connectivity index (χ0v) is 75.4. The molecule has 5 saturated heterocycles. The van der Waals surface area contributed by atoms with E-state index >= 15 is 4.79 Å². The molecule has 17 N–H and O–H groups in total. The molecule has 54 nitrogen and oxygen atoms in total. The van der Waals surface area contributed by atoms with Gasteiger partial charge in [-0.25, -0.2) is 18.7 Å². The molecule has 0 radical (unpaired) electrons. The lowest BCUT2D eigenvalue weighted by molar-refractivity contribution is -0.272. The van der Waals surface area contributed by atoms with E-state index in [1.807, 2.05) is 4.90 Å². The molecule has 750 valence electrons. The minimum Gasteiger partial charge on any atom is -0.756 e. The number of aromatic nitrogens is 12. The Morgan fingerprint density at radius 3 is 1.13 bits per heavy atom. The van der Waals surface area contributed by atoms with Gasteiger partial charge in [-0.3, -0.25) is 38.3 Å². The van der Waals surface area contributed by atoms with Crippen LogP contribution in [0.5, 0.6) is 0 Å². The van der Waals surface area contributed by atoms with Crippen molar-refractivity contribution in [2.75, 3.05) is 139 Å². The van der Waals surface area contributed by atoms with E-state index in [-0.39, 0.29) is 164 Å². The van der Waals surface area contributed by atoms with Crippen molar-refractivity contribution in [1.29, 1.82) is 0 Å². The number of aliphatic hydroxyl groups is 12. The van der Waals surface area contributed by atoms with Gasteiger partial charge in [0.05, 0.1) is 174 Å². The van der Waals surface area contributed by atoms with Crippen LogP contribution < -0.4 is 31.5 Å². The molecular formula is C77H131N19O35P-. The highest BCUT2D eigenvalue weighted by atomic mass is 31.2. The molecule has 55 heteroatoms. The maximum atomic E-state index is 15.2. The molecular weight excluding hydrogens is 1780 g/mol. The maximum absolute atomic E-state index is 15.2. The molecule has 5 fully saturated rings. The number of carbonyl (C=O) groups is 5. The number of amides is 5. The average molecular weight is 1910 g/mol. The number of hydrogen-bond donors (Lipinski definition) is 17. The van der Waals surface area contributed by atoms with Crippen LogP contribution in [0.2, 0.25) is 0 Å². The molecule has 5 aliphatic heterocycles. The average Bonchev–Trinajstić information content (AvgIpc) is 1.09. The molecule has 132 heavy (non-hydrogen) atoms. The standard InChI is InChI=1S/C77H132N19O35P/c1-46(101)79-60-68(109)64(105)56(42-97)127-74(60)122-30-26-117-22-16-93-38-50(83-87-93)34-91(35-51-39-94(88-84-51)17-23-118-27-31-123-75-61(80-47(2)102)69(110)65(106)57(43-98)128-75)15-10-8-12-54(72(113)78-14-9-6-7-11-20-126-132(114,115)131-55-13-21-121-73(55)116-5)92(36-52-40-95(89-85-52)18-24-119-28-32-124-76-62(81-48(3)103)70(111)66(107)58(44-99)129-76)37-53-41-96(90-86-53)19-25-120-29-33-125-77-63(82-49(4)104)71(112)67(108)59(45-100)130-77/h38-41,54-71,73-77,97-100,105-112H,6-37,42-45H2,1-5H3,(H,78,113)(H,79,101)(H,80,102)(H,81,103)(H,82,104)(H,114,115)/p-1/t54-,55-,56+,57+,58+,59+,60+,61+,62+,63+,64-,65-,66-,67-,68+,69+,70+,71+,73-,74+,75+,76+,77+/m0/s1. The third kappa shape index (κ3) is 34.9. The van der Waals surface area contributed by atoms with Crippen molar-refractivity contribution in [3.8, 4) is 0 Å². The van der Waals surface area contributed by atoms with Gasteiger partial charge in [0.25, 0.3) is 7.82 Å². The monoisotopic (exact) mass is 1910 g/mol. The second kappa shape index (κ2) is 56.6. The van der Waals surface area contributed by atoms with Crippen LogP contribution in [0.15, 0.2) is 24.8 Å². The number of nitrogens with zero attached hydrogens (tertiary/aromatic N) is 14. The fourth-order valence-electron chi connectivity index (χ4n) is 15.1. The Balaban J connectivity index is 0.893. The summed E-state index contributed by atoms with van der Waals surface area (Å²) in [6.45, 7) is 4.62. The molecule has 0 spiro atoms. The lowest BCUT2D eigenvalue weighted by atomic mass is 9.97. The third-order valence-electron chi connectivity index (χ3n) is 21.8. The number of aliphatic hydroxyl groups excluding tert-OH is 12. The van der Waals surface area contributed by atoms with Gasteiger partial charge in [-0.2, -0.15) is 0 Å². The molecule has 1 unspecified atom stereocenters. The minimum absolute atomic E-state index is 0.00269. The molecule has 0 bridgehead atoms. The summed E-state index contributed by atoms with van der Waals surface area (Å²) in [6, 6.07) is -5.52. The first-order valence-electron chi connectivity index (χ1n) is 43.9. The van der Waals surface area contributed by atoms with Crippen molar-refractivity contribution in [1.82, 2.24) is 96.4 Å². The molecule has 0 aromatic carbocycles. The summed E-state index contributed by atoms with van der Waals surface area (Å²) in [7, 11) is -3.33. The summed E-state index contributed by atoms with van der Waals surface area (Å²) in [6.07, 6.45) is -13.2. The maximum Gasteiger partial charge on any atom is 0.268 e. The third-order valence-corrected chi connectivity index (χ3v) is 22.8. The van der Waals surface area contributed by atoms with E-state index in [4.69, 9.17) is 75.4 Å². The Labute approximate surface area is 760 Å². The van der Waals surface area contributed by atoms with E-state index < -0.39 is 199 Å². The first-order valence-corrected chi connectivity index (χ1v) is 45.4. The van der Waals surface area contributed by atoms with Crippen molar-refractivity contribution in [3.05, 3.63) is 47.6 Å². The van der Waals surface area contributed by atoms with Crippen molar-refractivity contribution in [3.63, 3.8) is 0 Å². The van der Waals surface area contributed by atoms with Gasteiger partial charge >= 0.3 is 0 Å². The van der Waals surface area contributed by atoms with Gasteiger partial charge in [0, 0.05) is 98.7 Å². The fourth-order valence-corrected chi connectivity index (χ4v) is 16.1. The Kier molecular flexibility index (Phi) is 46.5. The largest absolute Gasteiger partial charge is 0.756 e. The zero-order valence-electron chi connectivity index (χ0n) is 74.5. The molecule has 0 saturated carbocycles. The number of unbranched alkanes of at least 4 members (excludes halogenated alkanes) is 4. The summed E-state index contributed by atoms with van der Waals surface area (Å²) in [5.41, 5.74) is 1.98. The van der Waals surface area contributed by atoms with Crippen molar-refractivity contribution in [2.24, 2.45) is 0 Å². The van der Waals surface area contributed by atoms with Gasteiger partial charge in [0.1, 0.15) is 104 Å². The van der Waals surface area contributed by atoms with Gasteiger partial charge in [0.15, 0.2) is 31.5 Å². The molecule has 4 aromatic rings. The van der Waals surface area contributed by atoms with Gasteiger partial charge in [-0.15, -0.1) is 20.4 Å². The number of hydrogen-bond acceptors (Lipinski definition) is 45. The van der Waals surface area contributed by atoms with E-state index in [2.05, 4.69) is 72.7 Å². The van der Waals surface area contributed by atoms with E-state index in [1.54, 1.807) is 43.5 Å². The van der Waals surface area contributed by atoms with Crippen LogP contribution in [-0.4, -0.2) is 441 Å². The molecule has 24 atom stereocenters. The fraction of sp³-hybridized carbons (Fsp3) is 0.831. The zero-order chi connectivity index (χ0) is 95.2. The van der Waals surface area contributed by atoms with Gasteiger partial charge in [-0.1, -0.05) is 40.1 Å². The van der Waals surface area contributed by atoms with Crippen LogP contribution in [0.1, 0.15) is 102 Å². The summed E-state index contributed by atoms with van der Waals surface area (Å²) < 4.78 is 109. The summed E-state index contributed by atoms with van der Waals surface area (Å²) in [5, 5.41) is 173. The Bertz CT molecular complexity index is 3860. The number of methoxy groups -OCH3 is 1. The van der Waals surface area contributed by atoms with Crippen LogP contribution in [0.25, 0.3) is 0 Å². The lowest BCUT2D eigenvalue weighted by Gasteiger charge is -2.42. The van der Waals surface area contributed by atoms with E-state index in [0.717, 1.165) is 0 Å². The number of nitrogens with one attached hydrogen (secondary N) is 5. The molecule has 9 rings (SSSR count). The molecule has 5 aliphatic rings.